The van der Waals surface area contributed by atoms with Crippen LogP contribution in [-0.2, 0) is 0 Å². The van der Waals surface area contributed by atoms with E-state index in [4.69, 9.17) is 0 Å². The van der Waals surface area contributed by atoms with Crippen LogP contribution in [0.25, 0.3) is 65.6 Å². The quantitative estimate of drug-likeness (QED) is 0.185. The van der Waals surface area contributed by atoms with Crippen molar-refractivity contribution in [2.75, 3.05) is 4.90 Å². The molecule has 0 spiro atoms. The van der Waals surface area contributed by atoms with Crippen LogP contribution in [0.3, 0.4) is 0 Å². The number of aromatic nitrogens is 2. The normalized spacial score (nSPS) is 11.7. The number of nitrogens with zero attached hydrogens (tertiary/aromatic N) is 3. The average molecular weight is 626 g/mol. The number of fused-ring (bicyclic) bond motifs is 7. The van der Waals surface area contributed by atoms with Crippen molar-refractivity contribution >= 4 is 71.3 Å². The van der Waals surface area contributed by atoms with Gasteiger partial charge in [-0.25, -0.2) is 0 Å². The molecule has 8 aromatic carbocycles. The van der Waals surface area contributed by atoms with E-state index >= 15 is 0 Å². The molecule has 0 saturated carbocycles. The number of hydrogen-bond acceptors (Lipinski definition) is 1. The number of benzene rings is 8. The number of para-hydroxylation sites is 2. The van der Waals surface area contributed by atoms with Gasteiger partial charge in [-0.15, -0.1) is 0 Å². The highest BCUT2D eigenvalue weighted by molar-refractivity contribution is 6.18. The highest BCUT2D eigenvalue weighted by Crippen LogP contribution is 2.41. The van der Waals surface area contributed by atoms with Crippen LogP contribution in [0.4, 0.5) is 17.1 Å². The third-order valence-corrected chi connectivity index (χ3v) is 9.85. The van der Waals surface area contributed by atoms with Crippen molar-refractivity contribution in [3.63, 3.8) is 0 Å². The Morgan fingerprint density at radius 2 is 0.939 bits per heavy atom. The first-order chi connectivity index (χ1) is 24.3. The molecule has 0 aliphatic heterocycles. The zero-order valence-electron chi connectivity index (χ0n) is 26.7. The maximum absolute atomic E-state index is 2.45. The van der Waals surface area contributed by atoms with Crippen LogP contribution in [0.15, 0.2) is 188 Å². The Morgan fingerprint density at radius 3 is 1.67 bits per heavy atom. The van der Waals surface area contributed by atoms with E-state index in [1.165, 1.54) is 54.3 Å². The predicted octanol–water partition coefficient (Wildman–Crippen LogP) is 12.5. The Balaban J connectivity index is 1.24. The van der Waals surface area contributed by atoms with Crippen molar-refractivity contribution in [2.45, 2.75) is 0 Å². The number of anilines is 3. The highest BCUT2D eigenvalue weighted by atomic mass is 15.1. The molecule has 0 atom stereocenters. The van der Waals surface area contributed by atoms with Crippen molar-refractivity contribution in [1.82, 2.24) is 9.13 Å². The molecule has 0 aliphatic carbocycles. The summed E-state index contributed by atoms with van der Waals surface area (Å²) in [6, 6.07) is 65.9. The smallest absolute Gasteiger partial charge is 0.0788 e. The lowest BCUT2D eigenvalue weighted by atomic mass is 10.1. The van der Waals surface area contributed by atoms with Crippen LogP contribution >= 0.6 is 0 Å². The predicted molar refractivity (Wildman–Crippen MR) is 207 cm³/mol. The van der Waals surface area contributed by atoms with Gasteiger partial charge in [-0.1, -0.05) is 115 Å². The molecule has 0 unspecified atom stereocenters. The van der Waals surface area contributed by atoms with E-state index in [0.717, 1.165) is 28.4 Å². The summed E-state index contributed by atoms with van der Waals surface area (Å²) in [5.74, 6) is 0. The summed E-state index contributed by atoms with van der Waals surface area (Å²) in [5, 5.41) is 8.59. The molecule has 0 fully saturated rings. The lowest BCUT2D eigenvalue weighted by Crippen LogP contribution is -2.10. The van der Waals surface area contributed by atoms with E-state index in [1.807, 2.05) is 0 Å². The SMILES string of the molecule is c1ccc(-n2ccc3ccc4c5ccccc5n(-c5cccc(N(c6ccc7ccccc7c6)c6ccc7ccccc7c6)c5)c4c32)cc1. The summed E-state index contributed by atoms with van der Waals surface area (Å²) in [4.78, 5) is 2.39. The monoisotopic (exact) mass is 625 g/mol. The van der Waals surface area contributed by atoms with Gasteiger partial charge in [-0.2, -0.15) is 0 Å². The minimum Gasteiger partial charge on any atom is -0.315 e. The van der Waals surface area contributed by atoms with Crippen molar-refractivity contribution in [1.29, 1.82) is 0 Å². The van der Waals surface area contributed by atoms with E-state index in [-0.39, 0.29) is 0 Å². The van der Waals surface area contributed by atoms with Gasteiger partial charge in [0.25, 0.3) is 0 Å². The second-order valence-electron chi connectivity index (χ2n) is 12.7. The Bertz CT molecular complexity index is 2760. The summed E-state index contributed by atoms with van der Waals surface area (Å²) in [6.45, 7) is 0. The summed E-state index contributed by atoms with van der Waals surface area (Å²) in [5.41, 5.74) is 9.18. The molecule has 2 aromatic heterocycles. The largest absolute Gasteiger partial charge is 0.315 e. The lowest BCUT2D eigenvalue weighted by molar-refractivity contribution is 1.11. The van der Waals surface area contributed by atoms with E-state index < -0.39 is 0 Å². The van der Waals surface area contributed by atoms with Gasteiger partial charge in [0.05, 0.1) is 16.6 Å². The van der Waals surface area contributed by atoms with Crippen LogP contribution in [0, 0.1) is 0 Å². The van der Waals surface area contributed by atoms with Gasteiger partial charge in [-0.05, 0) is 88.3 Å². The van der Waals surface area contributed by atoms with Gasteiger partial charge in [0.2, 0.25) is 0 Å². The van der Waals surface area contributed by atoms with E-state index in [1.54, 1.807) is 0 Å². The first kappa shape index (κ1) is 27.5. The van der Waals surface area contributed by atoms with Crippen LogP contribution in [-0.4, -0.2) is 9.13 Å². The van der Waals surface area contributed by atoms with Gasteiger partial charge < -0.3 is 14.0 Å². The minimum absolute atomic E-state index is 1.10. The zero-order valence-corrected chi connectivity index (χ0v) is 26.7. The fourth-order valence-electron chi connectivity index (χ4n) is 7.59. The molecular weight excluding hydrogens is 595 g/mol. The van der Waals surface area contributed by atoms with Gasteiger partial charge in [0, 0.05) is 50.8 Å². The fourth-order valence-corrected chi connectivity index (χ4v) is 7.59. The molecule has 0 N–H and O–H groups in total. The molecule has 10 aromatic rings. The molecule has 0 amide bonds. The lowest BCUT2D eigenvalue weighted by Gasteiger charge is -2.27. The van der Waals surface area contributed by atoms with Crippen molar-refractivity contribution in [3.8, 4) is 11.4 Å². The molecule has 0 saturated heterocycles. The molecular formula is C46H31N3. The molecule has 0 radical (unpaired) electrons. The maximum Gasteiger partial charge on any atom is 0.0788 e. The topological polar surface area (TPSA) is 13.1 Å². The first-order valence-electron chi connectivity index (χ1n) is 16.8. The Labute approximate surface area is 284 Å². The van der Waals surface area contributed by atoms with Gasteiger partial charge >= 0.3 is 0 Å². The molecule has 49 heavy (non-hydrogen) atoms. The standard InChI is InChI=1S/C46H31N3/c1-2-15-37(16-3-1)47-28-27-34-23-26-43-42-19-8-9-20-44(42)49(46(43)45(34)47)39-18-10-17-38(31-39)48(40-24-21-32-11-4-6-13-35(32)29-40)41-25-22-33-12-5-7-14-36(33)30-41/h1-31H. The second kappa shape index (κ2) is 11.0. The van der Waals surface area contributed by atoms with Crippen molar-refractivity contribution in [3.05, 3.63) is 188 Å². The molecule has 3 nitrogen and oxygen atoms in total. The second-order valence-corrected chi connectivity index (χ2v) is 12.7. The minimum atomic E-state index is 1.10. The van der Waals surface area contributed by atoms with Crippen molar-refractivity contribution in [2.24, 2.45) is 0 Å². The van der Waals surface area contributed by atoms with E-state index in [9.17, 15) is 0 Å². The number of hydrogen-bond donors (Lipinski definition) is 0. The third-order valence-electron chi connectivity index (χ3n) is 9.85. The van der Waals surface area contributed by atoms with E-state index in [0.29, 0.717) is 0 Å². The number of rotatable bonds is 5. The average Bonchev–Trinajstić information content (AvgIpc) is 3.75. The summed E-state index contributed by atoms with van der Waals surface area (Å²) >= 11 is 0. The van der Waals surface area contributed by atoms with Crippen LogP contribution in [0.2, 0.25) is 0 Å². The summed E-state index contributed by atoms with van der Waals surface area (Å²) in [7, 11) is 0. The molecule has 10 rings (SSSR count). The third kappa shape index (κ3) is 4.44. The van der Waals surface area contributed by atoms with Gasteiger partial charge in [0.15, 0.2) is 0 Å². The Hall–Kier alpha value is -6.58. The molecule has 0 bridgehead atoms. The molecule has 230 valence electrons. The van der Waals surface area contributed by atoms with Crippen LogP contribution in [0.1, 0.15) is 0 Å². The first-order valence-corrected chi connectivity index (χ1v) is 16.8. The fraction of sp³-hybridized carbons (Fsp3) is 0. The van der Waals surface area contributed by atoms with E-state index in [2.05, 4.69) is 202 Å². The molecule has 3 heteroatoms. The zero-order chi connectivity index (χ0) is 32.3. The molecule has 0 aliphatic rings. The Kier molecular flexibility index (Phi) is 6.18. The molecule has 2 heterocycles. The highest BCUT2D eigenvalue weighted by Gasteiger charge is 2.20. The van der Waals surface area contributed by atoms with Gasteiger partial charge in [-0.3, -0.25) is 0 Å². The van der Waals surface area contributed by atoms with Gasteiger partial charge in [0.1, 0.15) is 0 Å². The van der Waals surface area contributed by atoms with Crippen LogP contribution < -0.4 is 4.90 Å². The van der Waals surface area contributed by atoms with Crippen LogP contribution in [0.5, 0.6) is 0 Å². The summed E-state index contributed by atoms with van der Waals surface area (Å²) in [6.07, 6.45) is 2.19. The summed E-state index contributed by atoms with van der Waals surface area (Å²) < 4.78 is 4.78. The Morgan fingerprint density at radius 1 is 0.347 bits per heavy atom. The maximum atomic E-state index is 2.45. The van der Waals surface area contributed by atoms with Crippen molar-refractivity contribution < 1.29 is 0 Å².